The van der Waals surface area contributed by atoms with Crippen molar-refractivity contribution in [3.8, 4) is 0 Å². The van der Waals surface area contributed by atoms with E-state index < -0.39 is 5.92 Å². The molecule has 1 atom stereocenters. The fourth-order valence-corrected chi connectivity index (χ4v) is 2.39. The molecule has 2 amide bonds. The van der Waals surface area contributed by atoms with Crippen LogP contribution in [0.4, 0.5) is 5.69 Å². The molecule has 1 aliphatic rings. The van der Waals surface area contributed by atoms with Gasteiger partial charge in [-0.3, -0.25) is 9.59 Å². The van der Waals surface area contributed by atoms with Gasteiger partial charge in [-0.1, -0.05) is 25.1 Å². The zero-order valence-electron chi connectivity index (χ0n) is 11.8. The standard InChI is InChI=1S/C16H20N2O2/c1-3-10-17-15(19)14-9-11-18(16(14)20)13-7-5-12(4-2)6-8-13/h3,5-8,14H,1,4,9-11H2,2H3,(H,17,19)/t14-/m0/s1. The van der Waals surface area contributed by atoms with E-state index in [9.17, 15) is 9.59 Å². The van der Waals surface area contributed by atoms with Gasteiger partial charge in [0.1, 0.15) is 5.92 Å². The lowest BCUT2D eigenvalue weighted by Crippen LogP contribution is -2.36. The second-order valence-corrected chi connectivity index (χ2v) is 4.88. The lowest BCUT2D eigenvalue weighted by atomic mass is 10.1. The summed E-state index contributed by atoms with van der Waals surface area (Å²) in [5.74, 6) is -0.890. The van der Waals surface area contributed by atoms with Gasteiger partial charge in [0.05, 0.1) is 0 Å². The van der Waals surface area contributed by atoms with Gasteiger partial charge in [-0.25, -0.2) is 0 Å². The minimum Gasteiger partial charge on any atom is -0.352 e. The molecule has 0 aromatic heterocycles. The Morgan fingerprint density at radius 1 is 1.45 bits per heavy atom. The topological polar surface area (TPSA) is 49.4 Å². The zero-order valence-corrected chi connectivity index (χ0v) is 11.8. The van der Waals surface area contributed by atoms with Crippen LogP contribution in [0.3, 0.4) is 0 Å². The number of benzene rings is 1. The van der Waals surface area contributed by atoms with Gasteiger partial charge < -0.3 is 10.2 Å². The summed E-state index contributed by atoms with van der Waals surface area (Å²) in [6.07, 6.45) is 3.15. The maximum absolute atomic E-state index is 12.3. The molecule has 4 nitrogen and oxygen atoms in total. The lowest BCUT2D eigenvalue weighted by Gasteiger charge is -2.17. The number of nitrogens with zero attached hydrogens (tertiary/aromatic N) is 1. The third kappa shape index (κ3) is 2.90. The SMILES string of the molecule is C=CCNC(=O)[C@@H]1CCN(c2ccc(CC)cc2)C1=O. The van der Waals surface area contributed by atoms with Crippen LogP contribution in [-0.4, -0.2) is 24.9 Å². The molecule has 106 valence electrons. The number of rotatable bonds is 5. The molecule has 1 aliphatic heterocycles. The number of amides is 2. The normalized spacial score (nSPS) is 18.1. The van der Waals surface area contributed by atoms with Gasteiger partial charge in [0.2, 0.25) is 11.8 Å². The molecule has 1 N–H and O–H groups in total. The van der Waals surface area contributed by atoms with Gasteiger partial charge in [0.25, 0.3) is 0 Å². The smallest absolute Gasteiger partial charge is 0.239 e. The van der Waals surface area contributed by atoms with Crippen molar-refractivity contribution in [2.75, 3.05) is 18.0 Å². The molecule has 0 unspecified atom stereocenters. The first-order valence-electron chi connectivity index (χ1n) is 6.96. The van der Waals surface area contributed by atoms with E-state index in [1.165, 1.54) is 5.56 Å². The molecule has 1 saturated heterocycles. The van der Waals surface area contributed by atoms with Crippen LogP contribution >= 0.6 is 0 Å². The number of hydrogen-bond acceptors (Lipinski definition) is 2. The highest BCUT2D eigenvalue weighted by atomic mass is 16.2. The van der Waals surface area contributed by atoms with E-state index >= 15 is 0 Å². The first kappa shape index (κ1) is 14.3. The Kier molecular flexibility index (Phi) is 4.56. The van der Waals surface area contributed by atoms with Crippen molar-refractivity contribution >= 4 is 17.5 Å². The van der Waals surface area contributed by atoms with Gasteiger partial charge in [-0.15, -0.1) is 6.58 Å². The maximum atomic E-state index is 12.3. The first-order chi connectivity index (χ1) is 9.67. The summed E-state index contributed by atoms with van der Waals surface area (Å²) in [5, 5.41) is 2.69. The highest BCUT2D eigenvalue weighted by Gasteiger charge is 2.37. The van der Waals surface area contributed by atoms with Crippen molar-refractivity contribution in [1.82, 2.24) is 5.32 Å². The Hall–Kier alpha value is -2.10. The fraction of sp³-hybridized carbons (Fsp3) is 0.375. The molecule has 1 heterocycles. The quantitative estimate of drug-likeness (QED) is 0.657. The minimum atomic E-state index is -0.569. The molecule has 1 aromatic carbocycles. The van der Waals surface area contributed by atoms with Crippen molar-refractivity contribution in [1.29, 1.82) is 0 Å². The summed E-state index contributed by atoms with van der Waals surface area (Å²) in [7, 11) is 0. The molecule has 0 saturated carbocycles. The van der Waals surface area contributed by atoms with E-state index in [0.29, 0.717) is 19.5 Å². The third-order valence-electron chi connectivity index (χ3n) is 3.60. The summed E-state index contributed by atoms with van der Waals surface area (Å²) < 4.78 is 0. The van der Waals surface area contributed by atoms with Crippen molar-refractivity contribution in [3.63, 3.8) is 0 Å². The highest BCUT2D eigenvalue weighted by molar-refractivity contribution is 6.09. The summed E-state index contributed by atoms with van der Waals surface area (Å²) in [6, 6.07) is 7.93. The van der Waals surface area contributed by atoms with Crippen LogP contribution in [0.1, 0.15) is 18.9 Å². The third-order valence-corrected chi connectivity index (χ3v) is 3.60. The van der Waals surface area contributed by atoms with Crippen LogP contribution in [-0.2, 0) is 16.0 Å². The number of aryl methyl sites for hydroxylation is 1. The van der Waals surface area contributed by atoms with Gasteiger partial charge in [0.15, 0.2) is 0 Å². The first-order valence-corrected chi connectivity index (χ1v) is 6.96. The van der Waals surface area contributed by atoms with E-state index in [0.717, 1.165) is 12.1 Å². The summed E-state index contributed by atoms with van der Waals surface area (Å²) in [5.41, 5.74) is 2.10. The second-order valence-electron chi connectivity index (χ2n) is 4.88. The van der Waals surface area contributed by atoms with Crippen molar-refractivity contribution in [2.24, 2.45) is 5.92 Å². The number of hydrogen-bond donors (Lipinski definition) is 1. The highest BCUT2D eigenvalue weighted by Crippen LogP contribution is 2.25. The van der Waals surface area contributed by atoms with Crippen LogP contribution in [0, 0.1) is 5.92 Å². The summed E-state index contributed by atoms with van der Waals surface area (Å²) in [6.45, 7) is 6.63. The summed E-state index contributed by atoms with van der Waals surface area (Å²) >= 11 is 0. The van der Waals surface area contributed by atoms with E-state index in [-0.39, 0.29) is 11.8 Å². The number of carbonyl (C=O) groups excluding carboxylic acids is 2. The monoisotopic (exact) mass is 272 g/mol. The zero-order chi connectivity index (χ0) is 14.5. The minimum absolute atomic E-state index is 0.115. The van der Waals surface area contributed by atoms with E-state index in [4.69, 9.17) is 0 Å². The van der Waals surface area contributed by atoms with Crippen LogP contribution in [0.25, 0.3) is 0 Å². The Morgan fingerprint density at radius 3 is 2.75 bits per heavy atom. The van der Waals surface area contributed by atoms with Crippen LogP contribution in [0.5, 0.6) is 0 Å². The van der Waals surface area contributed by atoms with Crippen LogP contribution < -0.4 is 10.2 Å². The van der Waals surface area contributed by atoms with Crippen molar-refractivity contribution in [2.45, 2.75) is 19.8 Å². The van der Waals surface area contributed by atoms with Crippen LogP contribution in [0.15, 0.2) is 36.9 Å². The molecule has 0 radical (unpaired) electrons. The molecule has 0 spiro atoms. The Balaban J connectivity index is 2.06. The van der Waals surface area contributed by atoms with Gasteiger partial charge in [-0.05, 0) is 30.5 Å². The van der Waals surface area contributed by atoms with Crippen LogP contribution in [0.2, 0.25) is 0 Å². The molecular formula is C16H20N2O2. The predicted molar refractivity (Wildman–Crippen MR) is 79.5 cm³/mol. The number of anilines is 1. The van der Waals surface area contributed by atoms with E-state index in [1.807, 2.05) is 24.3 Å². The molecule has 4 heteroatoms. The van der Waals surface area contributed by atoms with Crippen molar-refractivity contribution in [3.05, 3.63) is 42.5 Å². The Labute approximate surface area is 119 Å². The molecule has 20 heavy (non-hydrogen) atoms. The molecule has 1 fully saturated rings. The predicted octanol–water partition coefficient (Wildman–Crippen LogP) is 1.90. The Bertz CT molecular complexity index is 508. The average Bonchev–Trinajstić information content (AvgIpc) is 2.86. The lowest BCUT2D eigenvalue weighted by molar-refractivity contribution is -0.131. The van der Waals surface area contributed by atoms with Gasteiger partial charge >= 0.3 is 0 Å². The molecule has 2 rings (SSSR count). The largest absolute Gasteiger partial charge is 0.352 e. The average molecular weight is 272 g/mol. The van der Waals surface area contributed by atoms with Crippen molar-refractivity contribution < 1.29 is 9.59 Å². The maximum Gasteiger partial charge on any atom is 0.239 e. The van der Waals surface area contributed by atoms with E-state index in [2.05, 4.69) is 18.8 Å². The summed E-state index contributed by atoms with van der Waals surface area (Å²) in [4.78, 5) is 25.9. The second kappa shape index (κ2) is 6.37. The molecule has 1 aromatic rings. The molecular weight excluding hydrogens is 252 g/mol. The molecule has 0 bridgehead atoms. The Morgan fingerprint density at radius 2 is 2.15 bits per heavy atom. The molecule has 0 aliphatic carbocycles. The number of nitrogens with one attached hydrogen (secondary N) is 1. The van der Waals surface area contributed by atoms with E-state index in [1.54, 1.807) is 11.0 Å². The van der Waals surface area contributed by atoms with Gasteiger partial charge in [-0.2, -0.15) is 0 Å². The number of carbonyl (C=O) groups is 2. The van der Waals surface area contributed by atoms with Gasteiger partial charge in [0, 0.05) is 18.8 Å². The fourth-order valence-electron chi connectivity index (χ4n) is 2.39.